The molecule has 2 bridgehead atoms. The summed E-state index contributed by atoms with van der Waals surface area (Å²) in [7, 11) is 8.19. The topological polar surface area (TPSA) is 137 Å². The number of phenolic OH excluding ortho intramolecular Hbond substituents is 2. The van der Waals surface area contributed by atoms with Gasteiger partial charge >= 0.3 is 0 Å². The lowest BCUT2D eigenvalue weighted by Gasteiger charge is -2.60. The van der Waals surface area contributed by atoms with Gasteiger partial charge < -0.3 is 34.5 Å². The Balaban J connectivity index is 1.82. The van der Waals surface area contributed by atoms with E-state index in [1.165, 1.54) is 14.2 Å². The van der Waals surface area contributed by atoms with Crippen molar-refractivity contribution >= 4 is 5.91 Å². The summed E-state index contributed by atoms with van der Waals surface area (Å²) < 4.78 is 23.1. The zero-order valence-corrected chi connectivity index (χ0v) is 25.5. The van der Waals surface area contributed by atoms with Gasteiger partial charge in [-0.1, -0.05) is 6.92 Å². The first-order chi connectivity index (χ1) is 20.1. The second-order valence-corrected chi connectivity index (χ2v) is 11.2. The van der Waals surface area contributed by atoms with Crippen LogP contribution in [0.2, 0.25) is 0 Å². The number of nitrogens with zero attached hydrogens (tertiary/aromatic N) is 3. The minimum atomic E-state index is -0.604. The molecule has 42 heavy (non-hydrogen) atoms. The normalized spacial score (nSPS) is 24.5. The predicted molar refractivity (Wildman–Crippen MR) is 155 cm³/mol. The van der Waals surface area contributed by atoms with E-state index >= 15 is 0 Å². The number of fused-ring (bicyclic) bond motifs is 7. The van der Waals surface area contributed by atoms with Crippen LogP contribution in [-0.4, -0.2) is 86.1 Å². The number of aromatic hydroxyl groups is 2. The molecule has 1 amide bonds. The Morgan fingerprint density at radius 3 is 1.90 bits per heavy atom. The molecule has 0 saturated carbocycles. The van der Waals surface area contributed by atoms with Gasteiger partial charge in [0.1, 0.15) is 17.5 Å². The average molecular weight is 581 g/mol. The third-order valence-electron chi connectivity index (χ3n) is 9.47. The number of carbonyl (C=O) groups is 1. The fourth-order valence-corrected chi connectivity index (χ4v) is 7.75. The van der Waals surface area contributed by atoms with Crippen molar-refractivity contribution in [2.75, 3.05) is 42.0 Å². The average Bonchev–Trinajstić information content (AvgIpc) is 2.97. The van der Waals surface area contributed by atoms with E-state index in [1.54, 1.807) is 21.1 Å². The summed E-state index contributed by atoms with van der Waals surface area (Å²) in [5.41, 5.74) is 4.29. The number of hydrogen-bond acceptors (Lipinski definition) is 10. The quantitative estimate of drug-likeness (QED) is 0.448. The first-order valence-electron chi connectivity index (χ1n) is 14.2. The van der Waals surface area contributed by atoms with E-state index in [4.69, 9.17) is 18.9 Å². The maximum atomic E-state index is 12.5. The van der Waals surface area contributed by atoms with Crippen LogP contribution in [-0.2, 0) is 17.6 Å². The highest BCUT2D eigenvalue weighted by Gasteiger charge is 2.57. The summed E-state index contributed by atoms with van der Waals surface area (Å²) >= 11 is 0. The van der Waals surface area contributed by atoms with Gasteiger partial charge in [0.2, 0.25) is 5.91 Å². The number of methoxy groups -OCH3 is 4. The third-order valence-corrected chi connectivity index (χ3v) is 9.47. The number of piperazine rings is 1. The highest BCUT2D eigenvalue weighted by atomic mass is 16.5. The smallest absolute Gasteiger partial charge is 0.219 e. The fraction of sp³-hybridized carbons (Fsp3) is 0.548. The number of amides is 1. The predicted octanol–water partition coefficient (Wildman–Crippen LogP) is 3.05. The van der Waals surface area contributed by atoms with Crippen molar-refractivity contribution in [3.8, 4) is 40.6 Å². The number of hydrogen-bond donors (Lipinski definition) is 3. The van der Waals surface area contributed by atoms with Crippen LogP contribution in [0.5, 0.6) is 34.5 Å². The Labute approximate surface area is 246 Å². The highest BCUT2D eigenvalue weighted by molar-refractivity contribution is 5.75. The van der Waals surface area contributed by atoms with Gasteiger partial charge in [0.25, 0.3) is 0 Å². The summed E-state index contributed by atoms with van der Waals surface area (Å²) in [6.45, 7) is 5.63. The molecule has 11 nitrogen and oxygen atoms in total. The van der Waals surface area contributed by atoms with E-state index in [1.807, 2.05) is 20.9 Å². The third kappa shape index (κ3) is 4.03. The number of rotatable bonds is 7. The Hall–Kier alpha value is -3.88. The number of nitriles is 1. The molecule has 1 saturated heterocycles. The van der Waals surface area contributed by atoms with Crippen molar-refractivity contribution in [1.29, 1.82) is 5.26 Å². The minimum absolute atomic E-state index is 0.0250. The standard InChI is InChI=1S/C31H40N4O7/c1-9-22(36)33-13-21-23-16(28(39-5)14(2)30(41-7)26(23)37)11-19-25-24-17(10-18(34(25)4)20(12-32)35(19)21)29(40-6)15(3)31(42-8)27(24)38/h18-21,25,37-38H,9-11,13H2,1-8H3,(H,33,36)/t18-,19+,20+,21+,25-/m1/s1. The lowest BCUT2D eigenvalue weighted by Crippen LogP contribution is -2.68. The molecule has 3 heterocycles. The number of phenols is 2. The maximum Gasteiger partial charge on any atom is 0.219 e. The highest BCUT2D eigenvalue weighted by Crippen LogP contribution is 2.58. The van der Waals surface area contributed by atoms with E-state index in [-0.39, 0.29) is 42.1 Å². The molecule has 5 rings (SSSR count). The number of likely N-dealkylation sites (N-methyl/N-ethyl adjacent to an activating group) is 1. The second kappa shape index (κ2) is 11.1. The van der Waals surface area contributed by atoms with E-state index in [9.17, 15) is 20.3 Å². The van der Waals surface area contributed by atoms with E-state index in [2.05, 4.69) is 21.2 Å². The monoisotopic (exact) mass is 580 g/mol. The molecule has 2 aromatic carbocycles. The lowest BCUT2D eigenvalue weighted by atomic mass is 9.71. The molecule has 226 valence electrons. The van der Waals surface area contributed by atoms with Gasteiger partial charge in [0, 0.05) is 58.4 Å². The van der Waals surface area contributed by atoms with Crippen LogP contribution in [0.25, 0.3) is 0 Å². The number of benzene rings is 2. The first kappa shape index (κ1) is 29.6. The number of ether oxygens (including phenoxy) is 4. The molecule has 11 heteroatoms. The second-order valence-electron chi connectivity index (χ2n) is 11.2. The Bertz CT molecular complexity index is 1470. The molecule has 3 aliphatic rings. The van der Waals surface area contributed by atoms with Gasteiger partial charge in [-0.25, -0.2) is 0 Å². The van der Waals surface area contributed by atoms with Crippen LogP contribution < -0.4 is 24.3 Å². The van der Waals surface area contributed by atoms with Crippen LogP contribution >= 0.6 is 0 Å². The number of nitrogens with one attached hydrogen (secondary N) is 1. The molecule has 0 unspecified atom stereocenters. The zero-order chi connectivity index (χ0) is 30.6. The van der Waals surface area contributed by atoms with Crippen molar-refractivity contribution in [3.63, 3.8) is 0 Å². The summed E-state index contributed by atoms with van der Waals surface area (Å²) in [6.07, 6.45) is 1.16. The Morgan fingerprint density at radius 2 is 1.40 bits per heavy atom. The van der Waals surface area contributed by atoms with Crippen molar-refractivity contribution < 1.29 is 34.0 Å². The minimum Gasteiger partial charge on any atom is -0.504 e. The van der Waals surface area contributed by atoms with Gasteiger partial charge in [0.05, 0.1) is 46.6 Å². The Morgan fingerprint density at radius 1 is 0.905 bits per heavy atom. The molecular weight excluding hydrogens is 540 g/mol. The van der Waals surface area contributed by atoms with Crippen molar-refractivity contribution in [2.24, 2.45) is 0 Å². The van der Waals surface area contributed by atoms with Crippen molar-refractivity contribution in [1.82, 2.24) is 15.1 Å². The summed E-state index contributed by atoms with van der Waals surface area (Å²) in [4.78, 5) is 16.8. The van der Waals surface area contributed by atoms with Gasteiger partial charge in [-0.2, -0.15) is 5.26 Å². The molecule has 1 fully saturated rings. The van der Waals surface area contributed by atoms with Gasteiger partial charge in [-0.05, 0) is 33.7 Å². The van der Waals surface area contributed by atoms with Crippen molar-refractivity contribution in [2.45, 2.75) is 70.2 Å². The molecule has 0 radical (unpaired) electrons. The number of carbonyl (C=O) groups excluding carboxylic acids is 1. The van der Waals surface area contributed by atoms with Crippen LogP contribution in [0.15, 0.2) is 0 Å². The van der Waals surface area contributed by atoms with Gasteiger partial charge in [-0.3, -0.25) is 14.6 Å². The van der Waals surface area contributed by atoms with Crippen LogP contribution in [0.1, 0.15) is 58.8 Å². The van der Waals surface area contributed by atoms with Gasteiger partial charge in [-0.15, -0.1) is 0 Å². The maximum absolute atomic E-state index is 12.5. The summed E-state index contributed by atoms with van der Waals surface area (Å²) in [5, 5.41) is 37.0. The molecule has 0 aliphatic carbocycles. The molecule has 3 aliphatic heterocycles. The van der Waals surface area contributed by atoms with Crippen LogP contribution in [0.3, 0.4) is 0 Å². The van der Waals surface area contributed by atoms with Crippen molar-refractivity contribution in [3.05, 3.63) is 33.4 Å². The molecule has 2 aromatic rings. The van der Waals surface area contributed by atoms with E-state index in [0.717, 1.165) is 11.1 Å². The zero-order valence-electron chi connectivity index (χ0n) is 25.5. The van der Waals surface area contributed by atoms with Crippen LogP contribution in [0.4, 0.5) is 0 Å². The van der Waals surface area contributed by atoms with E-state index in [0.29, 0.717) is 64.5 Å². The SMILES string of the molecule is CCC(=O)NC[C@H]1c2c(O)c(OC)c(C)c(OC)c2C[C@H]2[C@@H]3c4c(O)c(OC)c(C)c(OC)c4C[C@H]([C@H](C#N)N12)N3C. The molecule has 3 N–H and O–H groups in total. The summed E-state index contributed by atoms with van der Waals surface area (Å²) in [6, 6.07) is 0.427. The van der Waals surface area contributed by atoms with Gasteiger partial charge in [0.15, 0.2) is 23.0 Å². The first-order valence-corrected chi connectivity index (χ1v) is 14.2. The molecule has 5 atom stereocenters. The summed E-state index contributed by atoms with van der Waals surface area (Å²) in [5.74, 6) is 1.77. The lowest BCUT2D eigenvalue weighted by molar-refractivity contribution is -0.121. The molecule has 0 aromatic heterocycles. The fourth-order valence-electron chi connectivity index (χ4n) is 7.75. The van der Waals surface area contributed by atoms with Crippen LogP contribution in [0, 0.1) is 25.2 Å². The van der Waals surface area contributed by atoms with E-state index < -0.39 is 12.1 Å². The molecular formula is C31H40N4O7. The molecule has 0 spiro atoms. The Kier molecular flexibility index (Phi) is 7.81. The largest absolute Gasteiger partial charge is 0.504 e.